The molecule has 4 N–H and O–H groups in total. The smallest absolute Gasteiger partial charge is 0.265 e. The second kappa shape index (κ2) is 10.8. The predicted octanol–water partition coefficient (Wildman–Crippen LogP) is 5.09. The number of nitrogens with zero attached hydrogens (tertiary/aromatic N) is 4. The monoisotopic (exact) mass is 551 g/mol. The molecule has 11 heteroatoms. The van der Waals surface area contributed by atoms with E-state index in [0.717, 1.165) is 59.7 Å². The fourth-order valence-corrected chi connectivity index (χ4v) is 6.27. The fourth-order valence-electron chi connectivity index (χ4n) is 4.80. The van der Waals surface area contributed by atoms with Crippen LogP contribution in [-0.4, -0.2) is 40.4 Å². The van der Waals surface area contributed by atoms with E-state index in [1.807, 2.05) is 19.2 Å². The van der Waals surface area contributed by atoms with E-state index in [4.69, 9.17) is 22.3 Å². The highest BCUT2D eigenvalue weighted by Crippen LogP contribution is 2.30. The number of nitrogens with two attached hydrogens (primary N) is 1. The van der Waals surface area contributed by atoms with E-state index in [2.05, 4.69) is 38.0 Å². The van der Waals surface area contributed by atoms with Crippen molar-refractivity contribution in [1.29, 1.82) is 0 Å². The molecule has 2 aromatic carbocycles. The van der Waals surface area contributed by atoms with E-state index in [9.17, 15) is 8.42 Å². The van der Waals surface area contributed by atoms with Crippen LogP contribution < -0.4 is 15.8 Å². The Labute approximate surface area is 227 Å². The molecule has 0 unspecified atom stereocenters. The van der Waals surface area contributed by atoms with Crippen LogP contribution in [0.5, 0.6) is 0 Å². The van der Waals surface area contributed by atoms with Gasteiger partial charge in [0, 0.05) is 35.4 Å². The second-order valence-corrected chi connectivity index (χ2v) is 11.7. The summed E-state index contributed by atoms with van der Waals surface area (Å²) in [5, 5.41) is 4.52. The quantitative estimate of drug-likeness (QED) is 0.289. The number of aromatic nitrogens is 4. The summed E-state index contributed by atoms with van der Waals surface area (Å²) in [6.45, 7) is 3.91. The Balaban J connectivity index is 1.41. The molecule has 2 heterocycles. The standard InChI is InChI=1S/C27H30ClN7O2S/c1-3-17-12-18(13-19-14-30-26(34-25(17)19)33-21-10-8-20(29)9-11-21)22-15-31-27(32-16(22)2)35-38(36,37)24-7-5-4-6-23(24)28/h4-7,12-15,20-21H,3,8-11,29H2,1-2H3,(H,30,33,34)(H,31,32,35). The number of nitrogens with one attached hydrogen (secondary N) is 2. The zero-order chi connectivity index (χ0) is 26.9. The van der Waals surface area contributed by atoms with Crippen molar-refractivity contribution in [2.24, 2.45) is 5.73 Å². The maximum Gasteiger partial charge on any atom is 0.265 e. The highest BCUT2D eigenvalue weighted by atomic mass is 35.5. The molecule has 4 aromatic rings. The summed E-state index contributed by atoms with van der Waals surface area (Å²) in [6, 6.07) is 10.9. The summed E-state index contributed by atoms with van der Waals surface area (Å²) < 4.78 is 28.0. The Morgan fingerprint density at radius 1 is 1.03 bits per heavy atom. The van der Waals surface area contributed by atoms with Gasteiger partial charge in [-0.25, -0.2) is 33.1 Å². The molecule has 38 heavy (non-hydrogen) atoms. The van der Waals surface area contributed by atoms with Crippen LogP contribution >= 0.6 is 11.6 Å². The molecule has 1 fully saturated rings. The Morgan fingerprint density at radius 2 is 1.76 bits per heavy atom. The van der Waals surface area contributed by atoms with Crippen LogP contribution in [0.3, 0.4) is 0 Å². The van der Waals surface area contributed by atoms with Gasteiger partial charge in [0.2, 0.25) is 11.9 Å². The Morgan fingerprint density at radius 3 is 2.47 bits per heavy atom. The van der Waals surface area contributed by atoms with Crippen LogP contribution in [0.15, 0.2) is 53.7 Å². The molecule has 0 bridgehead atoms. The van der Waals surface area contributed by atoms with Crippen LogP contribution in [0.4, 0.5) is 11.9 Å². The lowest BCUT2D eigenvalue weighted by Crippen LogP contribution is -2.33. The van der Waals surface area contributed by atoms with Gasteiger partial charge in [-0.15, -0.1) is 0 Å². The summed E-state index contributed by atoms with van der Waals surface area (Å²) in [7, 11) is -3.93. The first kappa shape index (κ1) is 26.3. The first-order chi connectivity index (χ1) is 18.2. The molecular formula is C27H30ClN7O2S. The van der Waals surface area contributed by atoms with Crippen molar-refractivity contribution in [3.8, 4) is 11.1 Å². The number of fused-ring (bicyclic) bond motifs is 1. The maximum atomic E-state index is 12.8. The third-order valence-electron chi connectivity index (χ3n) is 6.89. The van der Waals surface area contributed by atoms with Gasteiger partial charge in [-0.3, -0.25) is 0 Å². The lowest BCUT2D eigenvalue weighted by atomic mass is 9.92. The predicted molar refractivity (Wildman–Crippen MR) is 151 cm³/mol. The summed E-state index contributed by atoms with van der Waals surface area (Å²) >= 11 is 6.07. The van der Waals surface area contributed by atoms with Crippen molar-refractivity contribution >= 4 is 44.4 Å². The normalized spacial score (nSPS) is 17.9. The van der Waals surface area contributed by atoms with Gasteiger partial charge >= 0.3 is 0 Å². The number of hydrogen-bond donors (Lipinski definition) is 3. The van der Waals surface area contributed by atoms with E-state index in [0.29, 0.717) is 23.7 Å². The minimum absolute atomic E-state index is 0.0228. The number of aryl methyl sites for hydroxylation is 2. The molecule has 1 aliphatic carbocycles. The van der Waals surface area contributed by atoms with Crippen molar-refractivity contribution in [3.05, 3.63) is 65.1 Å². The van der Waals surface area contributed by atoms with Gasteiger partial charge in [-0.1, -0.05) is 30.7 Å². The number of anilines is 2. The van der Waals surface area contributed by atoms with Gasteiger partial charge in [-0.05, 0) is 74.4 Å². The molecule has 1 aliphatic rings. The molecule has 198 valence electrons. The van der Waals surface area contributed by atoms with E-state index in [-0.39, 0.29) is 15.9 Å². The summed E-state index contributed by atoms with van der Waals surface area (Å²) in [5.41, 5.74) is 10.4. The number of benzene rings is 2. The van der Waals surface area contributed by atoms with Crippen molar-refractivity contribution in [2.45, 2.75) is 62.9 Å². The third-order valence-corrected chi connectivity index (χ3v) is 8.72. The highest BCUT2D eigenvalue weighted by Gasteiger charge is 2.21. The summed E-state index contributed by atoms with van der Waals surface area (Å²) in [5.74, 6) is 0.612. The van der Waals surface area contributed by atoms with Crippen molar-refractivity contribution in [2.75, 3.05) is 10.0 Å². The molecule has 9 nitrogen and oxygen atoms in total. The Bertz CT molecular complexity index is 1590. The van der Waals surface area contributed by atoms with E-state index >= 15 is 0 Å². The Kier molecular flexibility index (Phi) is 7.47. The van der Waals surface area contributed by atoms with Crippen LogP contribution in [0, 0.1) is 6.92 Å². The van der Waals surface area contributed by atoms with Crippen LogP contribution in [0.1, 0.15) is 43.9 Å². The minimum atomic E-state index is -3.93. The first-order valence-corrected chi connectivity index (χ1v) is 14.5. The highest BCUT2D eigenvalue weighted by molar-refractivity contribution is 7.92. The second-order valence-electron chi connectivity index (χ2n) is 9.61. The number of halogens is 1. The van der Waals surface area contributed by atoms with Crippen molar-refractivity contribution in [1.82, 2.24) is 19.9 Å². The molecule has 1 saturated carbocycles. The molecule has 0 radical (unpaired) electrons. The zero-order valence-electron chi connectivity index (χ0n) is 21.3. The van der Waals surface area contributed by atoms with E-state index in [1.165, 1.54) is 12.1 Å². The maximum absolute atomic E-state index is 12.8. The first-order valence-electron chi connectivity index (χ1n) is 12.7. The van der Waals surface area contributed by atoms with Crippen LogP contribution in [0.25, 0.3) is 22.0 Å². The topological polar surface area (TPSA) is 136 Å². The average Bonchev–Trinajstić information content (AvgIpc) is 2.89. The Hall–Kier alpha value is -3.34. The lowest BCUT2D eigenvalue weighted by Gasteiger charge is -2.26. The van der Waals surface area contributed by atoms with Gasteiger partial charge < -0.3 is 11.1 Å². The van der Waals surface area contributed by atoms with E-state index < -0.39 is 10.0 Å². The van der Waals surface area contributed by atoms with Gasteiger partial charge in [0.1, 0.15) is 4.90 Å². The molecule has 0 atom stereocenters. The molecule has 0 aliphatic heterocycles. The van der Waals surface area contributed by atoms with Crippen molar-refractivity contribution in [3.63, 3.8) is 0 Å². The van der Waals surface area contributed by atoms with Crippen LogP contribution in [0.2, 0.25) is 5.02 Å². The number of hydrogen-bond acceptors (Lipinski definition) is 8. The average molecular weight is 552 g/mol. The number of rotatable bonds is 7. The van der Waals surface area contributed by atoms with Gasteiger partial charge in [0.15, 0.2) is 0 Å². The molecule has 5 rings (SSSR count). The molecule has 0 amide bonds. The summed E-state index contributed by atoms with van der Waals surface area (Å²) in [4.78, 5) is 18.1. The molecule has 0 saturated heterocycles. The molecule has 0 spiro atoms. The zero-order valence-corrected chi connectivity index (χ0v) is 22.9. The largest absolute Gasteiger partial charge is 0.351 e. The van der Waals surface area contributed by atoms with Gasteiger partial charge in [-0.2, -0.15) is 0 Å². The summed E-state index contributed by atoms with van der Waals surface area (Å²) in [6.07, 6.45) is 8.31. The number of sulfonamides is 1. The van der Waals surface area contributed by atoms with Crippen LogP contribution in [-0.2, 0) is 16.4 Å². The molecule has 2 aromatic heterocycles. The van der Waals surface area contributed by atoms with E-state index in [1.54, 1.807) is 18.3 Å². The lowest BCUT2D eigenvalue weighted by molar-refractivity contribution is 0.410. The molecular weight excluding hydrogens is 522 g/mol. The van der Waals surface area contributed by atoms with Gasteiger partial charge in [0.05, 0.1) is 16.2 Å². The van der Waals surface area contributed by atoms with Gasteiger partial charge in [0.25, 0.3) is 10.0 Å². The third kappa shape index (κ3) is 5.57. The minimum Gasteiger partial charge on any atom is -0.351 e. The van der Waals surface area contributed by atoms with Crippen molar-refractivity contribution < 1.29 is 8.42 Å². The fraction of sp³-hybridized carbons (Fsp3) is 0.333. The SMILES string of the molecule is CCc1cc(-c2cnc(NS(=O)(=O)c3ccccc3Cl)nc2C)cc2cnc(NC3CCC(N)CC3)nc12.